The quantitative estimate of drug-likeness (QED) is 0.375. The van der Waals surface area contributed by atoms with Crippen LogP contribution in [-0.4, -0.2) is 60.4 Å². The highest BCUT2D eigenvalue weighted by Crippen LogP contribution is 2.45. The third-order valence-electron chi connectivity index (χ3n) is 6.74. The molecule has 190 valence electrons. The van der Waals surface area contributed by atoms with Crippen molar-refractivity contribution in [2.45, 2.75) is 51.2 Å². The molecule has 35 heavy (non-hydrogen) atoms. The molecule has 1 aliphatic rings. The Morgan fingerprint density at radius 3 is 2.57 bits per heavy atom. The van der Waals surface area contributed by atoms with Crippen molar-refractivity contribution >= 4 is 34.1 Å². The standard InChI is InChI=1S/C27H33Cl2N3O2.CH4/c1-4-13-32(2)17-22-16-27(33,11-12-30-22)25(18-5-7-20(28)8-6-18)23-15-19-14-21(29)9-10-24(19)31-26(23)34-3;/h5-10,14-15,22,25,30,33H,4,11-13,16-17H2,1-3H3;1H4. The largest absolute Gasteiger partial charge is 0.481 e. The predicted molar refractivity (Wildman–Crippen MR) is 147 cm³/mol. The summed E-state index contributed by atoms with van der Waals surface area (Å²) in [4.78, 5) is 7.09. The molecule has 3 atom stereocenters. The molecule has 1 aromatic heterocycles. The van der Waals surface area contributed by atoms with Gasteiger partial charge in [0.2, 0.25) is 5.88 Å². The Hall–Kier alpha value is -1.89. The normalized spacial score (nSPS) is 21.1. The van der Waals surface area contributed by atoms with Crippen LogP contribution >= 0.6 is 23.2 Å². The van der Waals surface area contributed by atoms with E-state index < -0.39 is 5.60 Å². The molecule has 1 fully saturated rings. The second-order valence-electron chi connectivity index (χ2n) is 9.38. The number of aromatic nitrogens is 1. The van der Waals surface area contributed by atoms with E-state index in [1.807, 2.05) is 42.5 Å². The van der Waals surface area contributed by atoms with Crippen LogP contribution in [0.25, 0.3) is 10.9 Å². The van der Waals surface area contributed by atoms with Crippen molar-refractivity contribution < 1.29 is 9.84 Å². The van der Waals surface area contributed by atoms with Crippen molar-refractivity contribution in [3.8, 4) is 5.88 Å². The monoisotopic (exact) mass is 517 g/mol. The maximum Gasteiger partial charge on any atom is 0.217 e. The Kier molecular flexibility index (Phi) is 9.41. The summed E-state index contributed by atoms with van der Waals surface area (Å²) in [6.07, 6.45) is 2.33. The van der Waals surface area contributed by atoms with Gasteiger partial charge in [-0.2, -0.15) is 0 Å². The molecule has 5 nitrogen and oxygen atoms in total. The number of nitrogens with zero attached hydrogens (tertiary/aromatic N) is 2. The van der Waals surface area contributed by atoms with Gasteiger partial charge < -0.3 is 20.1 Å². The van der Waals surface area contributed by atoms with E-state index in [1.54, 1.807) is 7.11 Å². The second kappa shape index (κ2) is 11.9. The molecular weight excluding hydrogens is 481 g/mol. The van der Waals surface area contributed by atoms with E-state index in [0.717, 1.165) is 48.1 Å². The number of likely N-dealkylation sites (N-methyl/N-ethyl adjacent to an activating group) is 1. The first-order chi connectivity index (χ1) is 16.3. The molecular formula is C28H37Cl2N3O2. The van der Waals surface area contributed by atoms with E-state index in [2.05, 4.69) is 30.3 Å². The first-order valence-electron chi connectivity index (χ1n) is 11.9. The Bertz CT molecular complexity index is 1130. The third kappa shape index (κ3) is 6.28. The Labute approximate surface area is 219 Å². The van der Waals surface area contributed by atoms with Crippen LogP contribution < -0.4 is 10.1 Å². The number of pyridine rings is 1. The summed E-state index contributed by atoms with van der Waals surface area (Å²) in [6, 6.07) is 15.6. The van der Waals surface area contributed by atoms with Crippen molar-refractivity contribution in [3.05, 3.63) is 69.7 Å². The van der Waals surface area contributed by atoms with Crippen LogP contribution in [0, 0.1) is 0 Å². The van der Waals surface area contributed by atoms with Gasteiger partial charge in [0, 0.05) is 39.5 Å². The lowest BCUT2D eigenvalue weighted by atomic mass is 9.71. The topological polar surface area (TPSA) is 57.6 Å². The van der Waals surface area contributed by atoms with Crippen LogP contribution in [0.1, 0.15) is 50.7 Å². The van der Waals surface area contributed by atoms with Crippen molar-refractivity contribution in [1.29, 1.82) is 0 Å². The molecule has 0 spiro atoms. The van der Waals surface area contributed by atoms with Gasteiger partial charge in [0.1, 0.15) is 0 Å². The molecule has 3 aromatic rings. The second-order valence-corrected chi connectivity index (χ2v) is 10.3. The fourth-order valence-electron chi connectivity index (χ4n) is 5.28. The minimum Gasteiger partial charge on any atom is -0.481 e. The number of ether oxygens (including phenoxy) is 1. The Balaban J connectivity index is 0.00000342. The molecule has 0 aliphatic carbocycles. The van der Waals surface area contributed by atoms with Gasteiger partial charge in [-0.05, 0) is 81.4 Å². The minimum atomic E-state index is -0.988. The maximum atomic E-state index is 12.3. The number of rotatable bonds is 8. The number of hydrogen-bond acceptors (Lipinski definition) is 5. The SMILES string of the molecule is C.CCCN(C)CC1CC(O)(C(c2ccc(Cl)cc2)c2cc3cc(Cl)ccc3nc2OC)CCN1. The Morgan fingerprint density at radius 1 is 1.17 bits per heavy atom. The molecule has 4 rings (SSSR count). The molecule has 2 heterocycles. The average Bonchev–Trinajstić information content (AvgIpc) is 2.80. The number of methoxy groups -OCH3 is 1. The van der Waals surface area contributed by atoms with Crippen LogP contribution in [0.3, 0.4) is 0 Å². The lowest BCUT2D eigenvalue weighted by molar-refractivity contribution is -0.0224. The van der Waals surface area contributed by atoms with E-state index in [0.29, 0.717) is 28.8 Å². The first kappa shape index (κ1) is 27.7. The van der Waals surface area contributed by atoms with Gasteiger partial charge in [-0.15, -0.1) is 0 Å². The average molecular weight is 519 g/mol. The molecule has 0 radical (unpaired) electrons. The predicted octanol–water partition coefficient (Wildman–Crippen LogP) is 6.14. The van der Waals surface area contributed by atoms with Gasteiger partial charge in [-0.1, -0.05) is 49.7 Å². The van der Waals surface area contributed by atoms with E-state index >= 15 is 0 Å². The number of hydrogen-bond donors (Lipinski definition) is 2. The molecule has 1 aliphatic heterocycles. The van der Waals surface area contributed by atoms with Crippen molar-refractivity contribution in [2.24, 2.45) is 0 Å². The highest BCUT2D eigenvalue weighted by atomic mass is 35.5. The molecule has 1 saturated heterocycles. The summed E-state index contributed by atoms with van der Waals surface area (Å²) >= 11 is 12.5. The van der Waals surface area contributed by atoms with E-state index in [-0.39, 0.29) is 19.4 Å². The fourth-order valence-corrected chi connectivity index (χ4v) is 5.59. The van der Waals surface area contributed by atoms with Gasteiger partial charge in [0.25, 0.3) is 0 Å². The van der Waals surface area contributed by atoms with Gasteiger partial charge >= 0.3 is 0 Å². The summed E-state index contributed by atoms with van der Waals surface area (Å²) in [5.74, 6) is 0.179. The highest BCUT2D eigenvalue weighted by Gasteiger charge is 2.44. The van der Waals surface area contributed by atoms with Crippen molar-refractivity contribution in [1.82, 2.24) is 15.2 Å². The molecule has 3 unspecified atom stereocenters. The zero-order valence-electron chi connectivity index (χ0n) is 20.0. The van der Waals surface area contributed by atoms with Crippen molar-refractivity contribution in [3.63, 3.8) is 0 Å². The first-order valence-corrected chi connectivity index (χ1v) is 12.6. The Morgan fingerprint density at radius 2 is 1.89 bits per heavy atom. The van der Waals surface area contributed by atoms with Gasteiger partial charge in [0.05, 0.1) is 18.2 Å². The zero-order chi connectivity index (χ0) is 24.3. The molecule has 7 heteroatoms. The summed E-state index contributed by atoms with van der Waals surface area (Å²) < 4.78 is 5.76. The molecule has 0 saturated carbocycles. The molecule has 2 N–H and O–H groups in total. The number of benzene rings is 2. The smallest absolute Gasteiger partial charge is 0.217 e. The number of piperidine rings is 1. The van der Waals surface area contributed by atoms with Crippen LogP contribution in [0.15, 0.2) is 48.5 Å². The maximum absolute atomic E-state index is 12.3. The molecule has 0 amide bonds. The summed E-state index contributed by atoms with van der Waals surface area (Å²) in [5, 5.41) is 18.1. The summed E-state index contributed by atoms with van der Waals surface area (Å²) in [6.45, 7) is 4.83. The van der Waals surface area contributed by atoms with Gasteiger partial charge in [0.15, 0.2) is 0 Å². The number of nitrogens with one attached hydrogen (secondary N) is 1. The van der Waals surface area contributed by atoms with E-state index in [4.69, 9.17) is 32.9 Å². The lowest BCUT2D eigenvalue weighted by Gasteiger charge is -2.44. The lowest BCUT2D eigenvalue weighted by Crippen LogP contribution is -2.54. The van der Waals surface area contributed by atoms with Crippen LogP contribution in [0.5, 0.6) is 5.88 Å². The van der Waals surface area contributed by atoms with Crippen LogP contribution in [-0.2, 0) is 0 Å². The fraction of sp³-hybridized carbons (Fsp3) is 0.464. The number of halogens is 2. The van der Waals surface area contributed by atoms with Crippen LogP contribution in [0.2, 0.25) is 10.0 Å². The minimum absolute atomic E-state index is 0. The highest BCUT2D eigenvalue weighted by molar-refractivity contribution is 6.31. The van der Waals surface area contributed by atoms with Crippen molar-refractivity contribution in [2.75, 3.05) is 33.8 Å². The van der Waals surface area contributed by atoms with Crippen LogP contribution in [0.4, 0.5) is 0 Å². The summed E-state index contributed by atoms with van der Waals surface area (Å²) in [7, 11) is 3.76. The van der Waals surface area contributed by atoms with Gasteiger partial charge in [-0.25, -0.2) is 4.98 Å². The molecule has 2 aromatic carbocycles. The van der Waals surface area contributed by atoms with E-state index in [1.165, 1.54) is 0 Å². The third-order valence-corrected chi connectivity index (χ3v) is 7.23. The summed E-state index contributed by atoms with van der Waals surface area (Å²) in [5.41, 5.74) is 1.65. The number of fused-ring (bicyclic) bond motifs is 1. The molecule has 0 bridgehead atoms. The number of aliphatic hydroxyl groups is 1. The van der Waals surface area contributed by atoms with E-state index in [9.17, 15) is 5.11 Å². The zero-order valence-corrected chi connectivity index (χ0v) is 21.5. The van der Waals surface area contributed by atoms with Gasteiger partial charge in [-0.3, -0.25) is 0 Å².